The number of piperidine rings is 1. The van der Waals surface area contributed by atoms with Crippen molar-refractivity contribution in [1.82, 2.24) is 30.0 Å². The number of hydrogen-bond donors (Lipinski definition) is 3. The molecule has 28 heavy (non-hydrogen) atoms. The van der Waals surface area contributed by atoms with Crippen LogP contribution in [0.4, 0.5) is 16.4 Å². The Kier molecular flexibility index (Phi) is 4.28. The molecular formula is C19H22N8O. The lowest BCUT2D eigenvalue weighted by Crippen LogP contribution is -2.38. The summed E-state index contributed by atoms with van der Waals surface area (Å²) in [7, 11) is 0. The molecule has 0 aliphatic carbocycles. The van der Waals surface area contributed by atoms with Crippen LogP contribution in [0.25, 0.3) is 17.0 Å². The van der Waals surface area contributed by atoms with Crippen LogP contribution in [0.2, 0.25) is 0 Å². The molecule has 2 amide bonds. The van der Waals surface area contributed by atoms with Crippen molar-refractivity contribution in [3.05, 3.63) is 36.8 Å². The van der Waals surface area contributed by atoms with E-state index in [2.05, 4.69) is 25.9 Å². The van der Waals surface area contributed by atoms with Crippen LogP contribution in [0.5, 0.6) is 0 Å². The molecule has 9 heteroatoms. The Balaban J connectivity index is 1.47. The number of aromatic nitrogens is 4. The van der Waals surface area contributed by atoms with E-state index in [0.717, 1.165) is 42.4 Å². The second kappa shape index (κ2) is 7.08. The quantitative estimate of drug-likeness (QED) is 0.636. The van der Waals surface area contributed by atoms with Gasteiger partial charge in [0.05, 0.1) is 30.0 Å². The molecule has 5 heterocycles. The van der Waals surface area contributed by atoms with E-state index in [4.69, 9.17) is 4.98 Å². The number of nitrogens with one attached hydrogen (secondary N) is 3. The largest absolute Gasteiger partial charge is 0.366 e. The molecule has 2 aliphatic heterocycles. The van der Waals surface area contributed by atoms with Gasteiger partial charge in [0, 0.05) is 25.7 Å². The summed E-state index contributed by atoms with van der Waals surface area (Å²) in [6.45, 7) is 3.27. The Bertz CT molecular complexity index is 1010. The summed E-state index contributed by atoms with van der Waals surface area (Å²) in [4.78, 5) is 27.2. The Hall–Kier alpha value is -3.20. The van der Waals surface area contributed by atoms with E-state index in [0.29, 0.717) is 24.9 Å². The first-order valence-corrected chi connectivity index (χ1v) is 9.61. The van der Waals surface area contributed by atoms with Gasteiger partial charge in [0.15, 0.2) is 11.5 Å². The zero-order valence-corrected chi connectivity index (χ0v) is 15.4. The van der Waals surface area contributed by atoms with Crippen molar-refractivity contribution in [2.45, 2.75) is 18.9 Å². The normalized spacial score (nSPS) is 19.8. The van der Waals surface area contributed by atoms with Gasteiger partial charge in [-0.05, 0) is 31.5 Å². The molecular weight excluding hydrogens is 356 g/mol. The molecule has 144 valence electrons. The van der Waals surface area contributed by atoms with Crippen LogP contribution in [0, 0.1) is 0 Å². The van der Waals surface area contributed by atoms with Crippen LogP contribution < -0.4 is 20.9 Å². The third-order valence-corrected chi connectivity index (χ3v) is 5.18. The van der Waals surface area contributed by atoms with Gasteiger partial charge in [-0.25, -0.2) is 19.7 Å². The number of anilines is 2. The number of hydrogen-bond acceptors (Lipinski definition) is 6. The fourth-order valence-electron chi connectivity index (χ4n) is 3.74. The molecule has 3 aromatic rings. The zero-order valence-electron chi connectivity index (χ0n) is 15.4. The van der Waals surface area contributed by atoms with Gasteiger partial charge in [0.2, 0.25) is 0 Å². The summed E-state index contributed by atoms with van der Waals surface area (Å²) in [6.07, 6.45) is 7.63. The van der Waals surface area contributed by atoms with E-state index in [1.165, 1.54) is 6.42 Å². The number of pyridine rings is 1. The second-order valence-electron chi connectivity index (χ2n) is 7.10. The fraction of sp³-hybridized carbons (Fsp3) is 0.368. The molecule has 3 aromatic heterocycles. The fourth-order valence-corrected chi connectivity index (χ4v) is 3.74. The van der Waals surface area contributed by atoms with Crippen molar-refractivity contribution in [3.63, 3.8) is 0 Å². The van der Waals surface area contributed by atoms with Gasteiger partial charge in [-0.15, -0.1) is 0 Å². The maximum absolute atomic E-state index is 12.0. The third-order valence-electron chi connectivity index (χ3n) is 5.18. The molecule has 0 unspecified atom stereocenters. The number of urea groups is 1. The minimum Gasteiger partial charge on any atom is -0.366 e. The third kappa shape index (κ3) is 3.13. The highest BCUT2D eigenvalue weighted by atomic mass is 16.2. The molecule has 0 spiro atoms. The maximum Gasteiger partial charge on any atom is 0.323 e. The minimum atomic E-state index is -0.126. The first-order valence-electron chi connectivity index (χ1n) is 9.61. The van der Waals surface area contributed by atoms with Crippen LogP contribution in [0.1, 0.15) is 12.8 Å². The number of nitrogens with zero attached hydrogens (tertiary/aromatic N) is 5. The lowest BCUT2D eigenvalue weighted by atomic mass is 10.1. The van der Waals surface area contributed by atoms with Crippen LogP contribution in [-0.2, 0) is 0 Å². The van der Waals surface area contributed by atoms with Crippen molar-refractivity contribution < 1.29 is 4.79 Å². The zero-order chi connectivity index (χ0) is 18.9. The highest BCUT2D eigenvalue weighted by Crippen LogP contribution is 2.23. The Morgan fingerprint density at radius 3 is 2.96 bits per heavy atom. The average Bonchev–Trinajstić information content (AvgIpc) is 3.34. The second-order valence-corrected chi connectivity index (χ2v) is 7.10. The topological polar surface area (TPSA) is 99.5 Å². The minimum absolute atomic E-state index is 0.126. The van der Waals surface area contributed by atoms with Crippen molar-refractivity contribution in [1.29, 1.82) is 0 Å². The monoisotopic (exact) mass is 378 g/mol. The first-order chi connectivity index (χ1) is 13.8. The van der Waals surface area contributed by atoms with Crippen LogP contribution in [0.3, 0.4) is 0 Å². The predicted octanol–water partition coefficient (Wildman–Crippen LogP) is 1.48. The van der Waals surface area contributed by atoms with Gasteiger partial charge in [0.25, 0.3) is 0 Å². The molecule has 0 aromatic carbocycles. The summed E-state index contributed by atoms with van der Waals surface area (Å²) >= 11 is 0. The number of imidazole rings is 1. The molecule has 2 aliphatic rings. The summed E-state index contributed by atoms with van der Waals surface area (Å²) in [5.74, 6) is 1.46. The SMILES string of the molecule is O=C1NCCN1c1cn2c(-c3cccc(N[C@@H]4CCCNC4)n3)cnc2cn1. The van der Waals surface area contributed by atoms with Gasteiger partial charge in [-0.2, -0.15) is 0 Å². The van der Waals surface area contributed by atoms with Gasteiger partial charge in [-0.3, -0.25) is 9.30 Å². The number of amides is 2. The predicted molar refractivity (Wildman–Crippen MR) is 106 cm³/mol. The number of carbonyl (C=O) groups excluding carboxylic acids is 1. The van der Waals surface area contributed by atoms with Crippen molar-refractivity contribution in [2.24, 2.45) is 0 Å². The van der Waals surface area contributed by atoms with Crippen LogP contribution in [-0.4, -0.2) is 57.6 Å². The van der Waals surface area contributed by atoms with Gasteiger partial charge < -0.3 is 16.0 Å². The lowest BCUT2D eigenvalue weighted by Gasteiger charge is -2.24. The summed E-state index contributed by atoms with van der Waals surface area (Å²) < 4.78 is 1.93. The smallest absolute Gasteiger partial charge is 0.323 e. The summed E-state index contributed by atoms with van der Waals surface area (Å²) in [5.41, 5.74) is 2.41. The van der Waals surface area contributed by atoms with Crippen LogP contribution in [0.15, 0.2) is 36.8 Å². The Morgan fingerprint density at radius 1 is 1.18 bits per heavy atom. The summed E-state index contributed by atoms with van der Waals surface area (Å²) in [6, 6.07) is 6.22. The van der Waals surface area contributed by atoms with Crippen molar-refractivity contribution in [2.75, 3.05) is 36.4 Å². The van der Waals surface area contributed by atoms with E-state index in [1.54, 1.807) is 17.3 Å². The number of rotatable bonds is 4. The molecule has 0 bridgehead atoms. The highest BCUT2D eigenvalue weighted by Gasteiger charge is 2.23. The molecule has 3 N–H and O–H groups in total. The van der Waals surface area contributed by atoms with Crippen molar-refractivity contribution >= 4 is 23.3 Å². The van der Waals surface area contributed by atoms with Gasteiger partial charge in [-0.1, -0.05) is 6.07 Å². The molecule has 2 saturated heterocycles. The highest BCUT2D eigenvalue weighted by molar-refractivity contribution is 5.93. The first kappa shape index (κ1) is 16.9. The molecule has 1 atom stereocenters. The number of carbonyl (C=O) groups is 1. The standard InChI is InChI=1S/C19H22N8O/c28-19-21-7-8-26(19)18-12-27-15(10-22-17(27)11-23-18)14-4-1-5-16(25-14)24-13-3-2-6-20-9-13/h1,4-5,10-13,20H,2-3,6-9H2,(H,21,28)(H,24,25)/t13-/m1/s1. The van der Waals surface area contributed by atoms with Gasteiger partial charge >= 0.3 is 6.03 Å². The Labute approximate surface area is 162 Å². The molecule has 5 rings (SSSR count). The van der Waals surface area contributed by atoms with E-state index in [-0.39, 0.29) is 6.03 Å². The maximum atomic E-state index is 12.0. The van der Waals surface area contributed by atoms with E-state index < -0.39 is 0 Å². The average molecular weight is 378 g/mol. The molecule has 0 saturated carbocycles. The van der Waals surface area contributed by atoms with Crippen LogP contribution >= 0.6 is 0 Å². The van der Waals surface area contributed by atoms with E-state index >= 15 is 0 Å². The summed E-state index contributed by atoms with van der Waals surface area (Å²) in [5, 5.41) is 9.72. The molecule has 9 nitrogen and oxygen atoms in total. The van der Waals surface area contributed by atoms with E-state index in [1.807, 2.05) is 28.8 Å². The Morgan fingerprint density at radius 2 is 2.14 bits per heavy atom. The van der Waals surface area contributed by atoms with E-state index in [9.17, 15) is 4.79 Å². The molecule has 0 radical (unpaired) electrons. The number of fused-ring (bicyclic) bond motifs is 1. The molecule has 2 fully saturated rings. The van der Waals surface area contributed by atoms with Gasteiger partial charge in [0.1, 0.15) is 5.82 Å². The lowest BCUT2D eigenvalue weighted by molar-refractivity contribution is 0.252. The van der Waals surface area contributed by atoms with Crippen molar-refractivity contribution in [3.8, 4) is 11.4 Å².